The summed E-state index contributed by atoms with van der Waals surface area (Å²) >= 11 is 0. The molecule has 1 aromatic heterocycles. The molecule has 0 radical (unpaired) electrons. The summed E-state index contributed by atoms with van der Waals surface area (Å²) < 4.78 is 0. The molecular formula is C29H30N4O2. The molecule has 6 nitrogen and oxygen atoms in total. The lowest BCUT2D eigenvalue weighted by Gasteiger charge is -2.38. The maximum absolute atomic E-state index is 13.7. The van der Waals surface area contributed by atoms with Gasteiger partial charge in [0.2, 0.25) is 11.5 Å². The van der Waals surface area contributed by atoms with E-state index in [1.807, 2.05) is 59.5 Å². The number of rotatable bonds is 6. The minimum absolute atomic E-state index is 0.102. The van der Waals surface area contributed by atoms with Crippen LogP contribution in [0, 0.1) is 6.92 Å². The summed E-state index contributed by atoms with van der Waals surface area (Å²) in [6, 6.07) is 27.4. The first-order valence-corrected chi connectivity index (χ1v) is 12.1. The minimum Gasteiger partial charge on any atom is -0.368 e. The van der Waals surface area contributed by atoms with Crippen LogP contribution >= 0.6 is 0 Å². The van der Waals surface area contributed by atoms with E-state index in [9.17, 15) is 9.59 Å². The zero-order chi connectivity index (χ0) is 24.2. The van der Waals surface area contributed by atoms with Crippen molar-refractivity contribution in [2.75, 3.05) is 31.1 Å². The number of carbonyl (C=O) groups is 1. The normalized spacial score (nSPS) is 14.8. The molecule has 5 rings (SSSR count). The Morgan fingerprint density at radius 2 is 1.66 bits per heavy atom. The highest BCUT2D eigenvalue weighted by molar-refractivity contribution is 5.84. The summed E-state index contributed by atoms with van der Waals surface area (Å²) in [7, 11) is 0. The quantitative estimate of drug-likeness (QED) is 0.451. The van der Waals surface area contributed by atoms with Crippen LogP contribution in [0.3, 0.4) is 0 Å². The molecule has 35 heavy (non-hydrogen) atoms. The summed E-state index contributed by atoms with van der Waals surface area (Å²) in [6.07, 6.45) is 0. The van der Waals surface area contributed by atoms with Gasteiger partial charge >= 0.3 is 0 Å². The molecule has 1 aliphatic rings. The van der Waals surface area contributed by atoms with Gasteiger partial charge in [-0.2, -0.15) is 0 Å². The molecule has 178 valence electrons. The Morgan fingerprint density at radius 3 is 2.40 bits per heavy atom. The highest BCUT2D eigenvalue weighted by Crippen LogP contribution is 2.21. The fraction of sp³-hybridized carbons (Fsp3) is 0.241. The van der Waals surface area contributed by atoms with Gasteiger partial charge in [-0.3, -0.25) is 14.9 Å². The third kappa shape index (κ3) is 5.28. The van der Waals surface area contributed by atoms with Crippen LogP contribution in [0.4, 0.5) is 5.69 Å². The lowest BCUT2D eigenvalue weighted by atomic mass is 10.0. The van der Waals surface area contributed by atoms with E-state index in [0.29, 0.717) is 19.6 Å². The van der Waals surface area contributed by atoms with E-state index in [2.05, 4.69) is 46.4 Å². The largest absolute Gasteiger partial charge is 0.368 e. The number of aryl methyl sites for hydroxylation is 1. The van der Waals surface area contributed by atoms with E-state index in [4.69, 9.17) is 0 Å². The van der Waals surface area contributed by atoms with Crippen molar-refractivity contribution in [2.45, 2.75) is 19.5 Å². The summed E-state index contributed by atoms with van der Waals surface area (Å²) in [5, 5.41) is 4.47. The standard InChI is InChI=1S/C29H30N4O2/c1-21-7-11-25(12-8-21)32-15-17-33(18-16-32)29(35)28(23-5-3-2-4-6-23)30-20-22-9-13-26-24(19-22)10-14-27(34)31-26/h2-14,19,28,30H,15-18,20H2,1H3,(H,31,34)/t28-/m1/s1. The van der Waals surface area contributed by atoms with E-state index in [0.717, 1.165) is 35.1 Å². The van der Waals surface area contributed by atoms with Crippen LogP contribution in [0.2, 0.25) is 0 Å². The number of piperazine rings is 1. The highest BCUT2D eigenvalue weighted by Gasteiger charge is 2.28. The first-order chi connectivity index (χ1) is 17.1. The first kappa shape index (κ1) is 22.9. The molecule has 1 aliphatic heterocycles. The molecule has 0 spiro atoms. The fourth-order valence-electron chi connectivity index (χ4n) is 4.65. The third-order valence-electron chi connectivity index (χ3n) is 6.67. The topological polar surface area (TPSA) is 68.4 Å². The molecule has 4 aromatic rings. The molecule has 0 aliphatic carbocycles. The van der Waals surface area contributed by atoms with E-state index in [1.54, 1.807) is 0 Å². The molecule has 3 aromatic carbocycles. The molecule has 2 heterocycles. The van der Waals surface area contributed by atoms with Crippen molar-refractivity contribution < 1.29 is 4.79 Å². The number of nitrogens with one attached hydrogen (secondary N) is 2. The van der Waals surface area contributed by atoms with Crippen LogP contribution in [-0.2, 0) is 11.3 Å². The highest BCUT2D eigenvalue weighted by atomic mass is 16.2. The SMILES string of the molecule is Cc1ccc(N2CCN(C(=O)[C@H](NCc3ccc4[nH]c(=O)ccc4c3)c3ccccc3)CC2)cc1. The molecule has 1 atom stereocenters. The van der Waals surface area contributed by atoms with Gasteiger partial charge in [0.05, 0.1) is 0 Å². The first-order valence-electron chi connectivity index (χ1n) is 12.1. The number of aromatic amines is 1. The number of hydrogen-bond donors (Lipinski definition) is 2. The van der Waals surface area contributed by atoms with Gasteiger partial charge in [0.15, 0.2) is 0 Å². The Hall–Kier alpha value is -3.90. The molecule has 1 saturated heterocycles. The van der Waals surface area contributed by atoms with Crippen molar-refractivity contribution in [3.05, 3.63) is 112 Å². The van der Waals surface area contributed by atoms with E-state index in [-0.39, 0.29) is 11.5 Å². The second kappa shape index (κ2) is 10.2. The Bertz CT molecular complexity index is 1360. The Labute approximate surface area is 205 Å². The molecular weight excluding hydrogens is 436 g/mol. The molecule has 1 amide bonds. The van der Waals surface area contributed by atoms with Crippen molar-refractivity contribution in [3.8, 4) is 0 Å². The van der Waals surface area contributed by atoms with Crippen LogP contribution in [0.5, 0.6) is 0 Å². The molecule has 2 N–H and O–H groups in total. The number of pyridine rings is 1. The zero-order valence-electron chi connectivity index (χ0n) is 19.9. The summed E-state index contributed by atoms with van der Waals surface area (Å²) in [4.78, 5) is 32.4. The molecule has 0 bridgehead atoms. The van der Waals surface area contributed by atoms with Gasteiger partial charge in [-0.15, -0.1) is 0 Å². The summed E-state index contributed by atoms with van der Waals surface area (Å²) in [5.41, 5.74) is 5.17. The lowest BCUT2D eigenvalue weighted by molar-refractivity contribution is -0.134. The van der Waals surface area contributed by atoms with Crippen LogP contribution < -0.4 is 15.8 Å². The minimum atomic E-state index is -0.423. The van der Waals surface area contributed by atoms with E-state index >= 15 is 0 Å². The maximum Gasteiger partial charge on any atom is 0.248 e. The average molecular weight is 467 g/mol. The van der Waals surface area contributed by atoms with E-state index < -0.39 is 6.04 Å². The number of aromatic nitrogens is 1. The van der Waals surface area contributed by atoms with Gasteiger partial charge in [0.25, 0.3) is 0 Å². The van der Waals surface area contributed by atoms with Gasteiger partial charge in [-0.05, 0) is 53.8 Å². The lowest BCUT2D eigenvalue weighted by Crippen LogP contribution is -2.51. The number of anilines is 1. The van der Waals surface area contributed by atoms with Gasteiger partial charge in [-0.25, -0.2) is 0 Å². The predicted octanol–water partition coefficient (Wildman–Crippen LogP) is 4.02. The molecule has 0 saturated carbocycles. The van der Waals surface area contributed by atoms with Crippen LogP contribution in [0.25, 0.3) is 10.9 Å². The van der Waals surface area contributed by atoms with E-state index in [1.165, 1.54) is 17.3 Å². The third-order valence-corrected chi connectivity index (χ3v) is 6.67. The van der Waals surface area contributed by atoms with Crippen LogP contribution in [0.15, 0.2) is 89.7 Å². The van der Waals surface area contributed by atoms with Crippen LogP contribution in [0.1, 0.15) is 22.7 Å². The number of H-pyrrole nitrogens is 1. The average Bonchev–Trinajstić information content (AvgIpc) is 2.90. The summed E-state index contributed by atoms with van der Waals surface area (Å²) in [5.74, 6) is 0.102. The molecule has 0 unspecified atom stereocenters. The number of fused-ring (bicyclic) bond motifs is 1. The number of benzene rings is 3. The second-order valence-corrected chi connectivity index (χ2v) is 9.12. The Morgan fingerprint density at radius 1 is 0.914 bits per heavy atom. The van der Waals surface area contributed by atoms with Gasteiger partial charge < -0.3 is 14.8 Å². The Kier molecular flexibility index (Phi) is 6.64. The fourth-order valence-corrected chi connectivity index (χ4v) is 4.65. The smallest absolute Gasteiger partial charge is 0.248 e. The number of amides is 1. The number of nitrogens with zero attached hydrogens (tertiary/aromatic N) is 2. The van der Waals surface area contributed by atoms with Crippen molar-refractivity contribution >= 4 is 22.5 Å². The van der Waals surface area contributed by atoms with Crippen molar-refractivity contribution in [1.29, 1.82) is 0 Å². The molecule has 6 heteroatoms. The Balaban J connectivity index is 1.29. The number of hydrogen-bond acceptors (Lipinski definition) is 4. The summed E-state index contributed by atoms with van der Waals surface area (Å²) in [6.45, 7) is 5.67. The van der Waals surface area contributed by atoms with Crippen LogP contribution in [-0.4, -0.2) is 42.0 Å². The van der Waals surface area contributed by atoms with Crippen molar-refractivity contribution in [1.82, 2.24) is 15.2 Å². The van der Waals surface area contributed by atoms with Crippen molar-refractivity contribution in [3.63, 3.8) is 0 Å². The van der Waals surface area contributed by atoms with Crippen molar-refractivity contribution in [2.24, 2.45) is 0 Å². The molecule has 1 fully saturated rings. The predicted molar refractivity (Wildman–Crippen MR) is 141 cm³/mol. The van der Waals surface area contributed by atoms with Gasteiger partial charge in [0, 0.05) is 50.0 Å². The maximum atomic E-state index is 13.7. The number of carbonyl (C=O) groups excluding carboxylic acids is 1. The zero-order valence-corrected chi connectivity index (χ0v) is 19.9. The second-order valence-electron chi connectivity index (χ2n) is 9.12. The van der Waals surface area contributed by atoms with Gasteiger partial charge in [0.1, 0.15) is 6.04 Å². The van der Waals surface area contributed by atoms with Gasteiger partial charge in [-0.1, -0.05) is 54.1 Å². The monoisotopic (exact) mass is 466 g/mol.